The maximum Gasteiger partial charge on any atom is 0.274 e. The van der Waals surface area contributed by atoms with Crippen LogP contribution < -0.4 is 20.1 Å². The van der Waals surface area contributed by atoms with E-state index in [0.29, 0.717) is 53.0 Å². The molecule has 2 saturated carbocycles. The highest BCUT2D eigenvalue weighted by Crippen LogP contribution is 2.49. The van der Waals surface area contributed by atoms with E-state index in [-0.39, 0.29) is 24.8 Å². The number of fused-ring (bicyclic) bond motifs is 3. The fraction of sp³-hybridized carbons (Fsp3) is 0.543. The zero-order valence-corrected chi connectivity index (χ0v) is 30.9. The van der Waals surface area contributed by atoms with Crippen LogP contribution >= 0.6 is 34.5 Å². The van der Waals surface area contributed by atoms with Crippen molar-refractivity contribution in [3.63, 3.8) is 0 Å². The Hall–Kier alpha value is -3.13. The van der Waals surface area contributed by atoms with Gasteiger partial charge in [-0.3, -0.25) is 19.1 Å². The number of ether oxygens (including phenoxy) is 1. The van der Waals surface area contributed by atoms with E-state index in [1.807, 2.05) is 24.3 Å². The summed E-state index contributed by atoms with van der Waals surface area (Å²) in [4.78, 5) is 48.8. The number of halogens is 2. The summed E-state index contributed by atoms with van der Waals surface area (Å²) in [6, 6.07) is 11.1. The monoisotopic (exact) mass is 761 g/mol. The van der Waals surface area contributed by atoms with Gasteiger partial charge in [-0.15, -0.1) is 0 Å². The Balaban J connectivity index is 1.18. The minimum absolute atomic E-state index is 0.127. The summed E-state index contributed by atoms with van der Waals surface area (Å²) < 4.78 is 34.8. The molecule has 15 heteroatoms. The Morgan fingerprint density at radius 1 is 1.04 bits per heavy atom. The normalized spacial score (nSPS) is 28.4. The van der Waals surface area contributed by atoms with Gasteiger partial charge >= 0.3 is 0 Å². The molecular formula is C35H41Cl2N5O6S2. The van der Waals surface area contributed by atoms with Crippen molar-refractivity contribution < 1.29 is 27.5 Å². The standard InChI is InChI=1S/C35H41Cl2N5O6S2/c1-34(15-16-34)50(46,47)41-32(45)35-19-21(35)9-5-3-2-4-6-11-27(38-22-13-14-24(36)25(37)17-22)31(44)42-20-23(18-28(42)30(43)40-35)48-33-39-26-10-7-8-12-29(26)49-33/h7-8,10,12-14,17,21,23,27-28,38H,2-6,9,11,15-16,18-20H2,1H3,(H,40,43)(H,41,45)/t21-,23-,27+,28+,35-/m1/s1. The maximum absolute atomic E-state index is 14.5. The molecule has 1 aromatic heterocycles. The van der Waals surface area contributed by atoms with E-state index in [2.05, 4.69) is 20.3 Å². The largest absolute Gasteiger partial charge is 0.465 e. The van der Waals surface area contributed by atoms with Crippen molar-refractivity contribution in [1.82, 2.24) is 19.9 Å². The predicted octanol–water partition coefficient (Wildman–Crippen LogP) is 6.05. The van der Waals surface area contributed by atoms with E-state index in [9.17, 15) is 22.8 Å². The number of amides is 3. The number of carbonyl (C=O) groups is 3. The number of hydrogen-bond donors (Lipinski definition) is 3. The minimum Gasteiger partial charge on any atom is -0.465 e. The minimum atomic E-state index is -3.92. The highest BCUT2D eigenvalue weighted by Gasteiger charge is 2.63. The molecule has 11 nitrogen and oxygen atoms in total. The Morgan fingerprint density at radius 3 is 2.52 bits per heavy atom. The van der Waals surface area contributed by atoms with Crippen LogP contribution in [0.4, 0.5) is 5.69 Å². The molecule has 3 aromatic rings. The molecule has 268 valence electrons. The van der Waals surface area contributed by atoms with Gasteiger partial charge in [-0.05, 0) is 75.3 Å². The summed E-state index contributed by atoms with van der Waals surface area (Å²) in [6.45, 7) is 1.75. The summed E-state index contributed by atoms with van der Waals surface area (Å²) in [5.41, 5.74) is 0.0523. The van der Waals surface area contributed by atoms with E-state index in [1.54, 1.807) is 25.1 Å². The van der Waals surface area contributed by atoms with Gasteiger partial charge in [0.05, 0.1) is 31.6 Å². The quantitative estimate of drug-likeness (QED) is 0.264. The molecule has 0 bridgehead atoms. The van der Waals surface area contributed by atoms with Gasteiger partial charge in [0, 0.05) is 12.1 Å². The van der Waals surface area contributed by atoms with Crippen LogP contribution in [0.3, 0.4) is 0 Å². The topological polar surface area (TPSA) is 147 Å². The van der Waals surface area contributed by atoms with E-state index >= 15 is 0 Å². The highest BCUT2D eigenvalue weighted by atomic mass is 35.5. The summed E-state index contributed by atoms with van der Waals surface area (Å²) in [7, 11) is -3.92. The van der Waals surface area contributed by atoms with Gasteiger partial charge in [0.15, 0.2) is 0 Å². The first-order valence-corrected chi connectivity index (χ1v) is 20.4. The molecule has 3 amide bonds. The van der Waals surface area contributed by atoms with E-state index in [1.165, 1.54) is 16.2 Å². The van der Waals surface area contributed by atoms with Crippen molar-refractivity contribution in [2.75, 3.05) is 11.9 Å². The maximum atomic E-state index is 14.5. The van der Waals surface area contributed by atoms with Crippen molar-refractivity contribution in [2.24, 2.45) is 5.92 Å². The second kappa shape index (κ2) is 13.8. The summed E-state index contributed by atoms with van der Waals surface area (Å²) in [6.07, 6.45) is 6.54. The number of nitrogens with zero attached hydrogens (tertiary/aromatic N) is 2. The molecular weight excluding hydrogens is 721 g/mol. The zero-order valence-electron chi connectivity index (χ0n) is 27.8. The molecule has 2 saturated heterocycles. The third-order valence-corrected chi connectivity index (χ3v) is 14.5. The number of rotatable bonds is 7. The van der Waals surface area contributed by atoms with Crippen molar-refractivity contribution in [1.29, 1.82) is 0 Å². The molecule has 0 unspecified atom stereocenters. The van der Waals surface area contributed by atoms with Crippen LogP contribution in [-0.4, -0.2) is 71.0 Å². The van der Waals surface area contributed by atoms with Gasteiger partial charge in [0.2, 0.25) is 21.8 Å². The molecule has 5 atom stereocenters. The molecule has 0 spiro atoms. The van der Waals surface area contributed by atoms with Gasteiger partial charge in [-0.1, -0.05) is 78.8 Å². The smallest absolute Gasteiger partial charge is 0.274 e. The van der Waals surface area contributed by atoms with Gasteiger partial charge in [-0.2, -0.15) is 0 Å². The van der Waals surface area contributed by atoms with Crippen molar-refractivity contribution >= 4 is 78.2 Å². The molecule has 4 fully saturated rings. The van der Waals surface area contributed by atoms with Crippen LogP contribution in [-0.2, 0) is 24.4 Å². The number of hydrogen-bond acceptors (Lipinski definition) is 9. The number of sulfonamides is 1. The molecule has 2 aromatic carbocycles. The van der Waals surface area contributed by atoms with E-state index < -0.39 is 50.3 Å². The summed E-state index contributed by atoms with van der Waals surface area (Å²) in [5.74, 6) is -1.70. The van der Waals surface area contributed by atoms with E-state index in [4.69, 9.17) is 27.9 Å². The Labute approximate surface area is 305 Å². The van der Waals surface area contributed by atoms with Crippen LogP contribution in [0, 0.1) is 5.92 Å². The van der Waals surface area contributed by atoms with Crippen LogP contribution in [0.2, 0.25) is 10.0 Å². The number of carbonyl (C=O) groups excluding carboxylic acids is 3. The number of thiazole rings is 1. The summed E-state index contributed by atoms with van der Waals surface area (Å²) >= 11 is 13.9. The third kappa shape index (κ3) is 7.15. The third-order valence-electron chi connectivity index (χ3n) is 10.7. The average molecular weight is 763 g/mol. The van der Waals surface area contributed by atoms with Crippen LogP contribution in [0.1, 0.15) is 77.6 Å². The van der Waals surface area contributed by atoms with Gasteiger partial charge in [0.25, 0.3) is 11.1 Å². The molecule has 3 N–H and O–H groups in total. The van der Waals surface area contributed by atoms with Crippen molar-refractivity contribution in [2.45, 2.75) is 106 Å². The Morgan fingerprint density at radius 2 is 1.78 bits per heavy atom. The molecule has 7 rings (SSSR count). The number of anilines is 1. The van der Waals surface area contributed by atoms with Crippen molar-refractivity contribution in [3.05, 3.63) is 52.5 Å². The lowest BCUT2D eigenvalue weighted by Gasteiger charge is -2.30. The Kier molecular flexibility index (Phi) is 9.72. The second-order valence-electron chi connectivity index (χ2n) is 14.3. The molecule has 2 aliphatic carbocycles. The SMILES string of the molecule is CC1(S(=O)(=O)NC(=O)[C@@]23C[C@H]2CCCCCCC[C@H](Nc2ccc(Cl)c(Cl)c2)C(=O)N2C[C@H](Oc4nc5ccccc5s4)C[C@H]2C(=O)N3)CC1. The molecule has 2 aliphatic heterocycles. The highest BCUT2D eigenvalue weighted by molar-refractivity contribution is 7.91. The predicted molar refractivity (Wildman–Crippen MR) is 194 cm³/mol. The molecule has 4 aliphatic rings. The number of benzene rings is 2. The van der Waals surface area contributed by atoms with Crippen molar-refractivity contribution in [3.8, 4) is 5.19 Å². The first kappa shape index (κ1) is 35.3. The second-order valence-corrected chi connectivity index (χ2v) is 18.4. The average Bonchev–Trinajstić information content (AvgIpc) is 3.88. The van der Waals surface area contributed by atoms with Crippen LogP contribution in [0.15, 0.2) is 42.5 Å². The molecule has 0 radical (unpaired) electrons. The van der Waals surface area contributed by atoms with Gasteiger partial charge in [0.1, 0.15) is 23.7 Å². The fourth-order valence-electron chi connectivity index (χ4n) is 7.18. The first-order chi connectivity index (χ1) is 23.9. The Bertz CT molecular complexity index is 1890. The lowest BCUT2D eigenvalue weighted by molar-refractivity contribution is -0.140. The molecule has 3 heterocycles. The van der Waals surface area contributed by atoms with Gasteiger partial charge in [-0.25, -0.2) is 13.4 Å². The van der Waals surface area contributed by atoms with E-state index in [0.717, 1.165) is 42.3 Å². The number of para-hydroxylation sites is 1. The lowest BCUT2D eigenvalue weighted by Crippen LogP contribution is -2.58. The zero-order chi connectivity index (χ0) is 35.3. The fourth-order valence-corrected chi connectivity index (χ4v) is 9.67. The summed E-state index contributed by atoms with van der Waals surface area (Å²) in [5, 5.41) is 7.50. The number of nitrogens with one attached hydrogen (secondary N) is 3. The molecule has 50 heavy (non-hydrogen) atoms. The van der Waals surface area contributed by atoms with Crippen LogP contribution in [0.25, 0.3) is 10.2 Å². The lowest BCUT2D eigenvalue weighted by atomic mass is 10.0. The number of aromatic nitrogens is 1. The first-order valence-electron chi connectivity index (χ1n) is 17.3. The van der Waals surface area contributed by atoms with Gasteiger partial charge < -0.3 is 20.3 Å². The van der Waals surface area contributed by atoms with Crippen LogP contribution in [0.5, 0.6) is 5.19 Å².